The molecular formula is C22H29N3O4. The molecule has 2 heterocycles. The predicted octanol–water partition coefficient (Wildman–Crippen LogP) is 2.18. The van der Waals surface area contributed by atoms with Gasteiger partial charge in [0.2, 0.25) is 5.91 Å². The van der Waals surface area contributed by atoms with Gasteiger partial charge in [0.15, 0.2) is 0 Å². The van der Waals surface area contributed by atoms with Crippen LogP contribution in [-0.4, -0.2) is 67.0 Å². The van der Waals surface area contributed by atoms with Gasteiger partial charge in [0.05, 0.1) is 24.5 Å². The highest BCUT2D eigenvalue weighted by Gasteiger charge is 2.23. The van der Waals surface area contributed by atoms with Crippen LogP contribution in [0.3, 0.4) is 0 Å². The zero-order valence-corrected chi connectivity index (χ0v) is 17.1. The zero-order chi connectivity index (χ0) is 20.6. The summed E-state index contributed by atoms with van der Waals surface area (Å²) >= 11 is 0. The Kier molecular flexibility index (Phi) is 7.30. The number of hydrogen-bond donors (Lipinski definition) is 1. The van der Waals surface area contributed by atoms with Gasteiger partial charge in [0.25, 0.3) is 5.91 Å². The summed E-state index contributed by atoms with van der Waals surface area (Å²) in [5.74, 6) is 0.852. The van der Waals surface area contributed by atoms with Crippen molar-refractivity contribution in [3.8, 4) is 5.75 Å². The Hall–Kier alpha value is -2.80. The molecule has 1 fully saturated rings. The minimum Gasteiger partial charge on any atom is -0.491 e. The molecule has 7 heteroatoms. The summed E-state index contributed by atoms with van der Waals surface area (Å²) < 4.78 is 10.6. The smallest absolute Gasteiger partial charge is 0.257 e. The topological polar surface area (TPSA) is 75.0 Å². The monoisotopic (exact) mass is 399 g/mol. The number of ether oxygens (including phenoxy) is 1. The third-order valence-corrected chi connectivity index (χ3v) is 4.83. The quantitative estimate of drug-likeness (QED) is 0.737. The Balaban J connectivity index is 1.33. The molecule has 0 saturated carbocycles. The van der Waals surface area contributed by atoms with Crippen LogP contribution in [0.1, 0.15) is 29.8 Å². The molecule has 0 spiro atoms. The maximum absolute atomic E-state index is 12.3. The number of piperazine rings is 1. The average molecular weight is 399 g/mol. The van der Waals surface area contributed by atoms with E-state index in [1.807, 2.05) is 38.1 Å². The lowest BCUT2D eigenvalue weighted by molar-refractivity contribution is -0.122. The Labute approximate surface area is 171 Å². The fourth-order valence-corrected chi connectivity index (χ4v) is 3.29. The number of carbonyl (C=O) groups is 2. The number of amides is 2. The molecule has 1 aromatic heterocycles. The highest BCUT2D eigenvalue weighted by atomic mass is 16.5. The van der Waals surface area contributed by atoms with Gasteiger partial charge in [0.1, 0.15) is 12.0 Å². The van der Waals surface area contributed by atoms with Crippen LogP contribution in [0.5, 0.6) is 5.75 Å². The molecule has 0 atom stereocenters. The second-order valence-electron chi connectivity index (χ2n) is 7.49. The van der Waals surface area contributed by atoms with Gasteiger partial charge >= 0.3 is 0 Å². The molecule has 3 rings (SSSR count). The van der Waals surface area contributed by atoms with Gasteiger partial charge in [-0.25, -0.2) is 0 Å². The number of nitrogens with one attached hydrogen (secondary N) is 1. The summed E-state index contributed by atoms with van der Waals surface area (Å²) in [6.45, 7) is 7.56. The van der Waals surface area contributed by atoms with Crippen molar-refractivity contribution in [1.29, 1.82) is 0 Å². The van der Waals surface area contributed by atoms with E-state index in [4.69, 9.17) is 9.15 Å². The van der Waals surface area contributed by atoms with Crippen LogP contribution in [-0.2, 0) is 11.2 Å². The number of furan rings is 1. The summed E-state index contributed by atoms with van der Waals surface area (Å²) in [7, 11) is 0. The van der Waals surface area contributed by atoms with Crippen LogP contribution in [0.15, 0.2) is 47.3 Å². The van der Waals surface area contributed by atoms with Crippen molar-refractivity contribution in [2.24, 2.45) is 0 Å². The van der Waals surface area contributed by atoms with Crippen molar-refractivity contribution in [3.05, 3.63) is 54.0 Å². The first-order valence-corrected chi connectivity index (χ1v) is 10.1. The summed E-state index contributed by atoms with van der Waals surface area (Å²) in [6.07, 6.45) is 3.90. The highest BCUT2D eigenvalue weighted by Crippen LogP contribution is 2.14. The third kappa shape index (κ3) is 6.35. The maximum atomic E-state index is 12.3. The van der Waals surface area contributed by atoms with Gasteiger partial charge in [0, 0.05) is 32.7 Å². The minimum absolute atomic E-state index is 0.0133. The van der Waals surface area contributed by atoms with Crippen LogP contribution < -0.4 is 10.1 Å². The fraction of sp³-hybridized carbons (Fsp3) is 0.455. The maximum Gasteiger partial charge on any atom is 0.257 e. The molecule has 2 aromatic rings. The molecule has 156 valence electrons. The first kappa shape index (κ1) is 20.9. The van der Waals surface area contributed by atoms with Crippen molar-refractivity contribution < 1.29 is 18.7 Å². The van der Waals surface area contributed by atoms with Crippen LogP contribution in [0, 0.1) is 0 Å². The van der Waals surface area contributed by atoms with Crippen LogP contribution in [0.4, 0.5) is 0 Å². The van der Waals surface area contributed by atoms with Gasteiger partial charge in [-0.2, -0.15) is 0 Å². The second-order valence-corrected chi connectivity index (χ2v) is 7.49. The van der Waals surface area contributed by atoms with Gasteiger partial charge in [-0.05, 0) is 44.0 Å². The lowest BCUT2D eigenvalue weighted by Gasteiger charge is -2.34. The van der Waals surface area contributed by atoms with E-state index in [9.17, 15) is 9.59 Å². The van der Waals surface area contributed by atoms with E-state index < -0.39 is 0 Å². The van der Waals surface area contributed by atoms with E-state index in [1.165, 1.54) is 12.5 Å². The SMILES string of the molecule is CC(C)Oc1ccc(CCNC(=O)CN2CCN(C(=O)c3ccoc3)CC2)cc1. The molecule has 0 unspecified atom stereocenters. The van der Waals surface area contributed by atoms with E-state index in [1.54, 1.807) is 11.0 Å². The van der Waals surface area contributed by atoms with Crippen molar-refractivity contribution >= 4 is 11.8 Å². The standard InChI is InChI=1S/C22H29N3O4/c1-17(2)29-20-5-3-18(4-6-20)7-9-23-21(26)15-24-10-12-25(13-11-24)22(27)19-8-14-28-16-19/h3-6,8,14,16-17H,7,9-13,15H2,1-2H3,(H,23,26). The van der Waals surface area contributed by atoms with Crippen molar-refractivity contribution in [3.63, 3.8) is 0 Å². The summed E-state index contributed by atoms with van der Waals surface area (Å²) in [5, 5.41) is 2.98. The molecule has 7 nitrogen and oxygen atoms in total. The molecule has 0 bridgehead atoms. The molecule has 1 saturated heterocycles. The Morgan fingerprint density at radius 1 is 1.10 bits per heavy atom. The molecule has 1 aromatic carbocycles. The van der Waals surface area contributed by atoms with E-state index in [2.05, 4.69) is 10.2 Å². The van der Waals surface area contributed by atoms with E-state index in [0.29, 0.717) is 44.8 Å². The van der Waals surface area contributed by atoms with Crippen molar-refractivity contribution in [2.45, 2.75) is 26.4 Å². The third-order valence-electron chi connectivity index (χ3n) is 4.83. The molecule has 0 aliphatic carbocycles. The van der Waals surface area contributed by atoms with Crippen molar-refractivity contribution in [2.75, 3.05) is 39.3 Å². The summed E-state index contributed by atoms with van der Waals surface area (Å²) in [5.41, 5.74) is 1.73. The largest absolute Gasteiger partial charge is 0.491 e. The predicted molar refractivity (Wildman–Crippen MR) is 110 cm³/mol. The Morgan fingerprint density at radius 3 is 2.45 bits per heavy atom. The number of carbonyl (C=O) groups excluding carboxylic acids is 2. The normalized spacial score (nSPS) is 14.8. The molecule has 1 aliphatic rings. The molecule has 1 N–H and O–H groups in total. The molecule has 2 amide bonds. The number of rotatable bonds is 8. The Bertz CT molecular complexity index is 779. The average Bonchev–Trinajstić information content (AvgIpc) is 3.24. The second kappa shape index (κ2) is 10.1. The van der Waals surface area contributed by atoms with Crippen LogP contribution >= 0.6 is 0 Å². The lowest BCUT2D eigenvalue weighted by Crippen LogP contribution is -2.51. The minimum atomic E-state index is -0.0207. The van der Waals surface area contributed by atoms with Gasteiger partial charge < -0.3 is 19.4 Å². The van der Waals surface area contributed by atoms with Crippen LogP contribution in [0.25, 0.3) is 0 Å². The summed E-state index contributed by atoms with van der Waals surface area (Å²) in [4.78, 5) is 28.4. The van der Waals surface area contributed by atoms with E-state index in [0.717, 1.165) is 17.7 Å². The van der Waals surface area contributed by atoms with Crippen LogP contribution in [0.2, 0.25) is 0 Å². The number of nitrogens with zero attached hydrogens (tertiary/aromatic N) is 2. The highest BCUT2D eigenvalue weighted by molar-refractivity contribution is 5.93. The van der Waals surface area contributed by atoms with Gasteiger partial charge in [-0.1, -0.05) is 12.1 Å². The summed E-state index contributed by atoms with van der Waals surface area (Å²) in [6, 6.07) is 9.65. The van der Waals surface area contributed by atoms with Gasteiger partial charge in [-0.3, -0.25) is 14.5 Å². The molecule has 0 radical (unpaired) electrons. The molecular weight excluding hydrogens is 370 g/mol. The first-order chi connectivity index (χ1) is 14.0. The van der Waals surface area contributed by atoms with E-state index in [-0.39, 0.29) is 17.9 Å². The van der Waals surface area contributed by atoms with Crippen molar-refractivity contribution in [1.82, 2.24) is 15.1 Å². The first-order valence-electron chi connectivity index (χ1n) is 10.1. The Morgan fingerprint density at radius 2 is 1.83 bits per heavy atom. The van der Waals surface area contributed by atoms with E-state index >= 15 is 0 Å². The number of hydrogen-bond acceptors (Lipinski definition) is 5. The zero-order valence-electron chi connectivity index (χ0n) is 17.1. The number of benzene rings is 1. The lowest BCUT2D eigenvalue weighted by atomic mass is 10.1. The fourth-order valence-electron chi connectivity index (χ4n) is 3.29. The molecule has 29 heavy (non-hydrogen) atoms. The van der Waals surface area contributed by atoms with Gasteiger partial charge in [-0.15, -0.1) is 0 Å². The molecule has 1 aliphatic heterocycles.